The molecule has 1 aliphatic heterocycles. The number of thiophene rings is 1. The van der Waals surface area contributed by atoms with Crippen molar-refractivity contribution < 1.29 is 17.6 Å². The summed E-state index contributed by atoms with van der Waals surface area (Å²) in [6.45, 7) is 3.85. The SMILES string of the molecule is CCCN(Cc1nnc(-c2cccs2)o1)C(=O)CN1CCS(=O)(=O)CC1. The van der Waals surface area contributed by atoms with Gasteiger partial charge in [-0.15, -0.1) is 21.5 Å². The number of rotatable bonds is 7. The highest BCUT2D eigenvalue weighted by atomic mass is 32.2. The van der Waals surface area contributed by atoms with E-state index in [1.165, 1.54) is 11.3 Å². The van der Waals surface area contributed by atoms with Crippen LogP contribution in [0.15, 0.2) is 21.9 Å². The molecule has 8 nitrogen and oxygen atoms in total. The van der Waals surface area contributed by atoms with Crippen LogP contribution < -0.4 is 0 Å². The lowest BCUT2D eigenvalue weighted by Gasteiger charge is -2.28. The van der Waals surface area contributed by atoms with Crippen LogP contribution in [0.5, 0.6) is 0 Å². The fraction of sp³-hybridized carbons (Fsp3) is 0.562. The van der Waals surface area contributed by atoms with Crippen LogP contribution in [0.2, 0.25) is 0 Å². The van der Waals surface area contributed by atoms with Crippen molar-refractivity contribution >= 4 is 27.1 Å². The first-order valence-corrected chi connectivity index (χ1v) is 11.2. The van der Waals surface area contributed by atoms with E-state index in [1.807, 2.05) is 29.3 Å². The quantitative estimate of drug-likeness (QED) is 0.693. The molecular formula is C16H22N4O4S2. The molecule has 0 saturated carbocycles. The third-order valence-electron chi connectivity index (χ3n) is 4.17. The minimum absolute atomic E-state index is 0.0537. The molecule has 0 bridgehead atoms. The van der Waals surface area contributed by atoms with Gasteiger partial charge in [0.1, 0.15) is 0 Å². The van der Waals surface area contributed by atoms with Crippen molar-refractivity contribution in [2.24, 2.45) is 0 Å². The second-order valence-corrected chi connectivity index (χ2v) is 9.47. The molecular weight excluding hydrogens is 376 g/mol. The summed E-state index contributed by atoms with van der Waals surface area (Å²) in [6.07, 6.45) is 0.812. The van der Waals surface area contributed by atoms with Crippen molar-refractivity contribution in [1.29, 1.82) is 0 Å². The van der Waals surface area contributed by atoms with Gasteiger partial charge >= 0.3 is 0 Å². The van der Waals surface area contributed by atoms with Crippen LogP contribution in [0.1, 0.15) is 19.2 Å². The number of aromatic nitrogens is 2. The summed E-state index contributed by atoms with van der Waals surface area (Å²) < 4.78 is 28.7. The molecule has 1 aliphatic rings. The van der Waals surface area contributed by atoms with E-state index in [1.54, 1.807) is 4.90 Å². The minimum atomic E-state index is -2.95. The summed E-state index contributed by atoms with van der Waals surface area (Å²) >= 11 is 1.52. The fourth-order valence-electron chi connectivity index (χ4n) is 2.74. The first-order chi connectivity index (χ1) is 12.5. The largest absolute Gasteiger partial charge is 0.418 e. The van der Waals surface area contributed by atoms with Gasteiger partial charge in [-0.25, -0.2) is 8.42 Å². The average molecular weight is 399 g/mol. The molecule has 1 saturated heterocycles. The maximum absolute atomic E-state index is 12.6. The van der Waals surface area contributed by atoms with Crippen molar-refractivity contribution in [3.8, 4) is 10.8 Å². The minimum Gasteiger partial charge on any atom is -0.418 e. The molecule has 1 fully saturated rings. The second kappa shape index (κ2) is 8.28. The molecule has 142 valence electrons. The smallest absolute Gasteiger partial charge is 0.257 e. The number of amides is 1. The van der Waals surface area contributed by atoms with Gasteiger partial charge < -0.3 is 9.32 Å². The van der Waals surface area contributed by atoms with E-state index in [4.69, 9.17) is 4.42 Å². The molecule has 26 heavy (non-hydrogen) atoms. The number of carbonyl (C=O) groups excluding carboxylic acids is 1. The van der Waals surface area contributed by atoms with Gasteiger partial charge in [-0.05, 0) is 17.9 Å². The predicted molar refractivity (Wildman–Crippen MR) is 98.4 cm³/mol. The Morgan fingerprint density at radius 1 is 1.35 bits per heavy atom. The Morgan fingerprint density at radius 2 is 2.12 bits per heavy atom. The first-order valence-electron chi connectivity index (χ1n) is 8.53. The Bertz CT molecular complexity index is 818. The summed E-state index contributed by atoms with van der Waals surface area (Å²) in [6, 6.07) is 3.82. The average Bonchev–Trinajstić information content (AvgIpc) is 3.27. The molecule has 2 aromatic heterocycles. The summed E-state index contributed by atoms with van der Waals surface area (Å²) in [5, 5.41) is 10.0. The summed E-state index contributed by atoms with van der Waals surface area (Å²) in [7, 11) is -2.95. The van der Waals surface area contributed by atoms with Gasteiger partial charge in [0.25, 0.3) is 5.89 Å². The highest BCUT2D eigenvalue weighted by molar-refractivity contribution is 7.91. The number of hydrogen-bond donors (Lipinski definition) is 0. The first kappa shape index (κ1) is 19.0. The lowest BCUT2D eigenvalue weighted by Crippen LogP contribution is -2.46. The van der Waals surface area contributed by atoms with Crippen molar-refractivity contribution in [3.05, 3.63) is 23.4 Å². The predicted octanol–water partition coefficient (Wildman–Crippen LogP) is 1.27. The summed E-state index contributed by atoms with van der Waals surface area (Å²) in [5.41, 5.74) is 0. The second-order valence-electron chi connectivity index (χ2n) is 6.22. The topological polar surface area (TPSA) is 96.6 Å². The van der Waals surface area contributed by atoms with Gasteiger partial charge in [0.05, 0.1) is 29.5 Å². The standard InChI is InChI=1S/C16H22N4O4S2/c1-2-5-20(15(21)12-19-6-9-26(22,23)10-7-19)11-14-17-18-16(24-14)13-4-3-8-25-13/h3-4,8H,2,5-7,9-12H2,1H3. The maximum Gasteiger partial charge on any atom is 0.257 e. The Labute approximate surface area is 156 Å². The zero-order valence-electron chi connectivity index (χ0n) is 14.6. The van der Waals surface area contributed by atoms with Crippen molar-refractivity contribution in [1.82, 2.24) is 20.0 Å². The Balaban J connectivity index is 1.60. The number of sulfone groups is 1. The molecule has 0 radical (unpaired) electrons. The zero-order valence-corrected chi connectivity index (χ0v) is 16.3. The van der Waals surface area contributed by atoms with E-state index in [9.17, 15) is 13.2 Å². The molecule has 3 heterocycles. The third-order valence-corrected chi connectivity index (χ3v) is 6.63. The molecule has 0 atom stereocenters. The lowest BCUT2D eigenvalue weighted by molar-refractivity contribution is -0.133. The van der Waals surface area contributed by atoms with E-state index >= 15 is 0 Å². The molecule has 0 spiro atoms. The molecule has 0 unspecified atom stereocenters. The highest BCUT2D eigenvalue weighted by Crippen LogP contribution is 2.23. The van der Waals surface area contributed by atoms with Gasteiger partial charge in [-0.1, -0.05) is 13.0 Å². The zero-order chi connectivity index (χ0) is 18.6. The molecule has 2 aromatic rings. The summed E-state index contributed by atoms with van der Waals surface area (Å²) in [4.78, 5) is 17.1. The Kier molecular flexibility index (Phi) is 6.05. The van der Waals surface area contributed by atoms with E-state index < -0.39 is 9.84 Å². The molecule has 0 N–H and O–H groups in total. The van der Waals surface area contributed by atoms with Gasteiger partial charge in [0.15, 0.2) is 9.84 Å². The van der Waals surface area contributed by atoms with Crippen molar-refractivity contribution in [2.75, 3.05) is 37.7 Å². The fourth-order valence-corrected chi connectivity index (χ4v) is 4.66. The Morgan fingerprint density at radius 3 is 2.77 bits per heavy atom. The number of carbonyl (C=O) groups is 1. The lowest BCUT2D eigenvalue weighted by atomic mass is 10.3. The van der Waals surface area contributed by atoms with Crippen molar-refractivity contribution in [2.45, 2.75) is 19.9 Å². The Hall–Kier alpha value is -1.78. The number of hydrogen-bond acceptors (Lipinski definition) is 8. The van der Waals surface area contributed by atoms with Gasteiger partial charge in [0.2, 0.25) is 11.8 Å². The van der Waals surface area contributed by atoms with Gasteiger partial charge in [-0.3, -0.25) is 9.69 Å². The van der Waals surface area contributed by atoms with E-state index in [2.05, 4.69) is 10.2 Å². The van der Waals surface area contributed by atoms with Crippen LogP contribution in [-0.4, -0.2) is 72.0 Å². The maximum atomic E-state index is 12.6. The normalized spacial score (nSPS) is 17.3. The highest BCUT2D eigenvalue weighted by Gasteiger charge is 2.25. The molecule has 0 aliphatic carbocycles. The molecule has 1 amide bonds. The summed E-state index contributed by atoms with van der Waals surface area (Å²) in [5.74, 6) is 1.03. The number of nitrogens with zero attached hydrogens (tertiary/aromatic N) is 4. The third kappa shape index (κ3) is 4.89. The van der Waals surface area contributed by atoms with E-state index in [0.717, 1.165) is 11.3 Å². The van der Waals surface area contributed by atoms with E-state index in [-0.39, 0.29) is 30.5 Å². The molecule has 3 rings (SSSR count). The van der Waals surface area contributed by atoms with Crippen LogP contribution in [0, 0.1) is 0 Å². The van der Waals surface area contributed by atoms with Crippen LogP contribution in [0.4, 0.5) is 0 Å². The van der Waals surface area contributed by atoms with Crippen LogP contribution in [0.25, 0.3) is 10.8 Å². The van der Waals surface area contributed by atoms with Crippen LogP contribution in [0.3, 0.4) is 0 Å². The van der Waals surface area contributed by atoms with Crippen LogP contribution >= 0.6 is 11.3 Å². The molecule has 0 aromatic carbocycles. The van der Waals surface area contributed by atoms with Crippen molar-refractivity contribution in [3.63, 3.8) is 0 Å². The van der Waals surface area contributed by atoms with Gasteiger partial charge in [0, 0.05) is 19.6 Å². The van der Waals surface area contributed by atoms with Gasteiger partial charge in [-0.2, -0.15) is 0 Å². The van der Waals surface area contributed by atoms with Crippen LogP contribution in [-0.2, 0) is 21.2 Å². The van der Waals surface area contributed by atoms with E-state index in [0.29, 0.717) is 31.4 Å². The monoisotopic (exact) mass is 398 g/mol. The molecule has 10 heteroatoms.